The number of carbonyl (C=O) groups is 1. The van der Waals surface area contributed by atoms with Crippen LogP contribution in [0.4, 0.5) is 11.5 Å². The van der Waals surface area contributed by atoms with Gasteiger partial charge in [-0.25, -0.2) is 4.98 Å². The molecule has 98 valence electrons. The van der Waals surface area contributed by atoms with Gasteiger partial charge in [0.25, 0.3) is 5.91 Å². The van der Waals surface area contributed by atoms with Gasteiger partial charge < -0.3 is 11.1 Å². The Morgan fingerprint density at radius 1 is 1.32 bits per heavy atom. The Kier molecular flexibility index (Phi) is 4.07. The molecule has 0 aliphatic carbocycles. The van der Waals surface area contributed by atoms with Gasteiger partial charge in [-0.05, 0) is 42.8 Å². The normalized spacial score (nSPS) is 10.3. The van der Waals surface area contributed by atoms with E-state index in [1.807, 2.05) is 25.1 Å². The molecule has 0 saturated heterocycles. The molecular weight excluding hydrogens is 330 g/mol. The molecule has 0 aliphatic rings. The molecule has 1 aromatic carbocycles. The smallest absolute Gasteiger partial charge is 0.255 e. The molecule has 2 rings (SSSR count). The number of hydrogen-bond donors (Lipinski definition) is 2. The topological polar surface area (TPSA) is 68.0 Å². The van der Waals surface area contributed by atoms with Crippen LogP contribution in [0.3, 0.4) is 0 Å². The Bertz CT molecular complexity index is 605. The first kappa shape index (κ1) is 13.8. The number of aryl methyl sites for hydroxylation is 1. The van der Waals surface area contributed by atoms with Crippen molar-refractivity contribution in [2.24, 2.45) is 0 Å². The van der Waals surface area contributed by atoms with Gasteiger partial charge in [-0.2, -0.15) is 0 Å². The molecule has 0 spiro atoms. The number of halogens is 2. The van der Waals surface area contributed by atoms with Gasteiger partial charge in [-0.1, -0.05) is 27.5 Å². The number of hydrogen-bond acceptors (Lipinski definition) is 3. The molecule has 6 heteroatoms. The molecule has 0 unspecified atom stereocenters. The van der Waals surface area contributed by atoms with Crippen molar-refractivity contribution in [2.75, 3.05) is 11.1 Å². The third-order valence-corrected chi connectivity index (χ3v) is 3.03. The lowest BCUT2D eigenvalue weighted by atomic mass is 10.2. The van der Waals surface area contributed by atoms with Crippen LogP contribution in [-0.4, -0.2) is 10.9 Å². The van der Waals surface area contributed by atoms with E-state index >= 15 is 0 Å². The lowest BCUT2D eigenvalue weighted by molar-refractivity contribution is 0.102. The highest BCUT2D eigenvalue weighted by atomic mass is 79.9. The summed E-state index contributed by atoms with van der Waals surface area (Å²) < 4.78 is 0.898. The number of nitrogens with zero attached hydrogens (tertiary/aromatic N) is 1. The minimum atomic E-state index is -0.284. The summed E-state index contributed by atoms with van der Waals surface area (Å²) in [5.74, 6) is -0.0726. The lowest BCUT2D eigenvalue weighted by Gasteiger charge is -2.07. The van der Waals surface area contributed by atoms with Crippen molar-refractivity contribution in [3.05, 3.63) is 51.1 Å². The van der Waals surface area contributed by atoms with Gasteiger partial charge in [0.05, 0.1) is 0 Å². The number of nitrogens with one attached hydrogen (secondary N) is 1. The van der Waals surface area contributed by atoms with Crippen molar-refractivity contribution in [1.82, 2.24) is 4.98 Å². The van der Waals surface area contributed by atoms with Crippen molar-refractivity contribution in [2.45, 2.75) is 6.92 Å². The molecule has 4 nitrogen and oxygen atoms in total. The maximum atomic E-state index is 12.1. The predicted octanol–water partition coefficient (Wildman–Crippen LogP) is 3.64. The Morgan fingerprint density at radius 3 is 2.68 bits per heavy atom. The summed E-state index contributed by atoms with van der Waals surface area (Å²) in [5.41, 5.74) is 7.66. The molecule has 0 atom stereocenters. The largest absolute Gasteiger partial charge is 0.384 e. The Balaban J connectivity index is 2.25. The van der Waals surface area contributed by atoms with Crippen LogP contribution in [0.2, 0.25) is 5.15 Å². The monoisotopic (exact) mass is 339 g/mol. The second kappa shape index (κ2) is 5.59. The van der Waals surface area contributed by atoms with Crippen LogP contribution in [0.15, 0.2) is 34.8 Å². The van der Waals surface area contributed by atoms with E-state index in [4.69, 9.17) is 17.3 Å². The zero-order chi connectivity index (χ0) is 14.0. The molecule has 0 saturated carbocycles. The molecule has 3 N–H and O–H groups in total. The minimum absolute atomic E-state index is 0.190. The van der Waals surface area contributed by atoms with Gasteiger partial charge in [0.15, 0.2) is 0 Å². The number of anilines is 2. The fourth-order valence-electron chi connectivity index (χ4n) is 1.66. The first-order chi connectivity index (χ1) is 8.94. The lowest BCUT2D eigenvalue weighted by Crippen LogP contribution is -2.12. The van der Waals surface area contributed by atoms with Crippen LogP contribution in [0.5, 0.6) is 0 Å². The molecule has 0 bridgehead atoms. The first-order valence-corrected chi connectivity index (χ1v) is 6.63. The Labute approximate surface area is 124 Å². The van der Waals surface area contributed by atoms with Crippen molar-refractivity contribution in [3.63, 3.8) is 0 Å². The second-order valence-electron chi connectivity index (χ2n) is 4.07. The molecular formula is C13H11BrClN3O. The summed E-state index contributed by atoms with van der Waals surface area (Å²) >= 11 is 9.15. The molecule has 0 radical (unpaired) electrons. The van der Waals surface area contributed by atoms with Crippen LogP contribution < -0.4 is 11.1 Å². The number of benzene rings is 1. The van der Waals surface area contributed by atoms with Gasteiger partial charge >= 0.3 is 0 Å². The summed E-state index contributed by atoms with van der Waals surface area (Å²) in [6, 6.07) is 8.59. The third-order valence-electron chi connectivity index (χ3n) is 2.38. The SMILES string of the molecule is Cc1cc(Br)cc(NC(=O)c2cc(N)nc(Cl)c2)c1. The summed E-state index contributed by atoms with van der Waals surface area (Å²) in [4.78, 5) is 15.9. The number of carbonyl (C=O) groups excluding carboxylic acids is 1. The summed E-state index contributed by atoms with van der Waals surface area (Å²) in [5, 5.41) is 2.97. The highest BCUT2D eigenvalue weighted by Crippen LogP contribution is 2.20. The van der Waals surface area contributed by atoms with E-state index < -0.39 is 0 Å². The molecule has 1 aromatic heterocycles. The van der Waals surface area contributed by atoms with E-state index in [9.17, 15) is 4.79 Å². The molecule has 0 fully saturated rings. The van der Waals surface area contributed by atoms with E-state index in [1.165, 1.54) is 12.1 Å². The van der Waals surface area contributed by atoms with Crippen LogP contribution in [0.1, 0.15) is 15.9 Å². The standard InChI is InChI=1S/C13H11BrClN3O/c1-7-2-9(14)6-10(3-7)17-13(19)8-4-11(15)18-12(16)5-8/h2-6H,1H3,(H2,16,18)(H,17,19). The van der Waals surface area contributed by atoms with Crippen LogP contribution in [0.25, 0.3) is 0 Å². The quantitative estimate of drug-likeness (QED) is 0.820. The van der Waals surface area contributed by atoms with Crippen LogP contribution >= 0.6 is 27.5 Å². The molecule has 2 aromatic rings. The van der Waals surface area contributed by atoms with Crippen molar-refractivity contribution in [1.29, 1.82) is 0 Å². The maximum absolute atomic E-state index is 12.1. The second-order valence-corrected chi connectivity index (χ2v) is 5.38. The zero-order valence-corrected chi connectivity index (χ0v) is 12.4. The highest BCUT2D eigenvalue weighted by Gasteiger charge is 2.09. The Hall–Kier alpha value is -1.59. The van der Waals surface area contributed by atoms with Crippen molar-refractivity contribution in [3.8, 4) is 0 Å². The summed E-state index contributed by atoms with van der Waals surface area (Å²) in [6.07, 6.45) is 0. The first-order valence-electron chi connectivity index (χ1n) is 5.45. The predicted molar refractivity (Wildman–Crippen MR) is 80.5 cm³/mol. The van der Waals surface area contributed by atoms with Gasteiger partial charge in [-0.3, -0.25) is 4.79 Å². The average molecular weight is 341 g/mol. The number of aromatic nitrogens is 1. The molecule has 1 amide bonds. The Morgan fingerprint density at radius 2 is 2.05 bits per heavy atom. The molecule has 19 heavy (non-hydrogen) atoms. The van der Waals surface area contributed by atoms with E-state index in [-0.39, 0.29) is 16.9 Å². The van der Waals surface area contributed by atoms with Crippen molar-refractivity contribution < 1.29 is 4.79 Å². The highest BCUT2D eigenvalue weighted by molar-refractivity contribution is 9.10. The molecule has 1 heterocycles. The number of nitrogens with two attached hydrogens (primary N) is 1. The van der Waals surface area contributed by atoms with Gasteiger partial charge in [0, 0.05) is 15.7 Å². The third kappa shape index (κ3) is 3.68. The minimum Gasteiger partial charge on any atom is -0.384 e. The number of pyridine rings is 1. The van der Waals surface area contributed by atoms with E-state index in [0.29, 0.717) is 11.3 Å². The number of nitrogen functional groups attached to an aromatic ring is 1. The van der Waals surface area contributed by atoms with E-state index in [1.54, 1.807) is 0 Å². The zero-order valence-electron chi connectivity index (χ0n) is 10.1. The maximum Gasteiger partial charge on any atom is 0.255 e. The van der Waals surface area contributed by atoms with E-state index in [2.05, 4.69) is 26.2 Å². The van der Waals surface area contributed by atoms with Gasteiger partial charge in [0.2, 0.25) is 0 Å². The van der Waals surface area contributed by atoms with Gasteiger partial charge in [0.1, 0.15) is 11.0 Å². The fraction of sp³-hybridized carbons (Fsp3) is 0.0769. The fourth-order valence-corrected chi connectivity index (χ4v) is 2.48. The molecule has 0 aliphatic heterocycles. The summed E-state index contributed by atoms with van der Waals surface area (Å²) in [7, 11) is 0. The summed E-state index contributed by atoms with van der Waals surface area (Å²) in [6.45, 7) is 1.95. The van der Waals surface area contributed by atoms with Crippen LogP contribution in [-0.2, 0) is 0 Å². The van der Waals surface area contributed by atoms with Gasteiger partial charge in [-0.15, -0.1) is 0 Å². The van der Waals surface area contributed by atoms with Crippen LogP contribution in [0, 0.1) is 6.92 Å². The number of rotatable bonds is 2. The van der Waals surface area contributed by atoms with E-state index in [0.717, 1.165) is 10.0 Å². The average Bonchev–Trinajstić information content (AvgIpc) is 2.25. The van der Waals surface area contributed by atoms with Crippen molar-refractivity contribution >= 4 is 44.9 Å². The number of amides is 1.